The summed E-state index contributed by atoms with van der Waals surface area (Å²) in [6, 6.07) is 14.5. The van der Waals surface area contributed by atoms with E-state index in [0.29, 0.717) is 0 Å². The van der Waals surface area contributed by atoms with Crippen LogP contribution in [-0.4, -0.2) is 33.4 Å². The van der Waals surface area contributed by atoms with E-state index in [2.05, 4.69) is 28.6 Å². The number of thiophene rings is 1. The van der Waals surface area contributed by atoms with E-state index in [4.69, 9.17) is 0 Å². The molecule has 1 amide bonds. The third-order valence-electron chi connectivity index (χ3n) is 4.78. The zero-order chi connectivity index (χ0) is 17.4. The minimum absolute atomic E-state index is 0.152. The van der Waals surface area contributed by atoms with Crippen LogP contribution in [0, 0.1) is 13.8 Å². The number of carbonyl (C=O) groups excluding carboxylic acids is 1. The maximum atomic E-state index is 12.7. The lowest BCUT2D eigenvalue weighted by Crippen LogP contribution is -2.28. The molecule has 0 saturated carbocycles. The molecular formula is C20H21N3OS. The predicted octanol–water partition coefficient (Wildman–Crippen LogP) is 4.32. The Bertz CT molecular complexity index is 897. The Morgan fingerprint density at radius 1 is 1.16 bits per heavy atom. The second kappa shape index (κ2) is 6.48. The number of aryl methyl sites for hydroxylation is 2. The van der Waals surface area contributed by atoms with Crippen LogP contribution in [0.15, 0.2) is 48.7 Å². The number of aromatic nitrogens is 2. The summed E-state index contributed by atoms with van der Waals surface area (Å²) in [5.74, 6) is 1.14. The van der Waals surface area contributed by atoms with E-state index in [-0.39, 0.29) is 11.9 Å². The van der Waals surface area contributed by atoms with Crippen LogP contribution in [0.2, 0.25) is 0 Å². The van der Waals surface area contributed by atoms with Crippen molar-refractivity contribution in [2.75, 3.05) is 13.1 Å². The van der Waals surface area contributed by atoms with Gasteiger partial charge >= 0.3 is 0 Å². The van der Waals surface area contributed by atoms with Crippen molar-refractivity contribution in [1.29, 1.82) is 0 Å². The lowest BCUT2D eigenvalue weighted by Gasteiger charge is -2.19. The van der Waals surface area contributed by atoms with E-state index >= 15 is 0 Å². The summed E-state index contributed by atoms with van der Waals surface area (Å²) in [6.45, 7) is 5.67. The molecule has 25 heavy (non-hydrogen) atoms. The standard InChI is InChI=1S/C20H21N3OS/c1-14-12-21-19(16-6-4-3-5-7-16)23(14)17-10-11-22(13-17)20(24)18-9-8-15(2)25-18/h3-9,12,17H,10-11,13H2,1-2H3. The third-order valence-corrected chi connectivity index (χ3v) is 5.77. The number of carbonyl (C=O) groups is 1. The quantitative estimate of drug-likeness (QED) is 0.705. The van der Waals surface area contributed by atoms with Gasteiger partial charge in [0.05, 0.1) is 10.9 Å². The summed E-state index contributed by atoms with van der Waals surface area (Å²) in [6.07, 6.45) is 2.89. The van der Waals surface area contributed by atoms with Crippen LogP contribution >= 0.6 is 11.3 Å². The van der Waals surface area contributed by atoms with E-state index in [1.54, 1.807) is 11.3 Å². The monoisotopic (exact) mass is 351 g/mol. The molecule has 1 unspecified atom stereocenters. The van der Waals surface area contributed by atoms with Crippen LogP contribution in [-0.2, 0) is 0 Å². The van der Waals surface area contributed by atoms with Crippen LogP contribution in [0.1, 0.15) is 32.7 Å². The van der Waals surface area contributed by atoms with Gasteiger partial charge in [-0.1, -0.05) is 30.3 Å². The summed E-state index contributed by atoms with van der Waals surface area (Å²) >= 11 is 1.57. The van der Waals surface area contributed by atoms with E-state index in [1.807, 2.05) is 48.4 Å². The normalized spacial score (nSPS) is 17.2. The first kappa shape index (κ1) is 16.1. The zero-order valence-corrected chi connectivity index (χ0v) is 15.3. The number of nitrogens with zero attached hydrogens (tertiary/aromatic N) is 3. The number of likely N-dealkylation sites (tertiary alicyclic amines) is 1. The molecule has 3 aromatic rings. The molecule has 1 aliphatic heterocycles. The Hall–Kier alpha value is -2.40. The summed E-state index contributed by atoms with van der Waals surface area (Å²) in [4.78, 5) is 21.3. The van der Waals surface area contributed by atoms with Gasteiger partial charge in [0.2, 0.25) is 0 Å². The Labute approximate surface area is 151 Å². The van der Waals surface area contributed by atoms with E-state index in [9.17, 15) is 4.79 Å². The fourth-order valence-electron chi connectivity index (χ4n) is 3.55. The Balaban J connectivity index is 1.58. The lowest BCUT2D eigenvalue weighted by atomic mass is 10.2. The summed E-state index contributed by atoms with van der Waals surface area (Å²) in [5, 5.41) is 0. The van der Waals surface area contributed by atoms with Crippen LogP contribution in [0.5, 0.6) is 0 Å². The Morgan fingerprint density at radius 2 is 1.96 bits per heavy atom. The van der Waals surface area contributed by atoms with Crippen molar-refractivity contribution in [3.05, 3.63) is 64.1 Å². The molecule has 0 bridgehead atoms. The molecule has 4 nitrogen and oxygen atoms in total. The fraction of sp³-hybridized carbons (Fsp3) is 0.300. The first-order chi connectivity index (χ1) is 12.1. The second-order valence-corrected chi connectivity index (χ2v) is 7.85. The summed E-state index contributed by atoms with van der Waals surface area (Å²) < 4.78 is 2.29. The maximum absolute atomic E-state index is 12.7. The number of rotatable bonds is 3. The van der Waals surface area contributed by atoms with Gasteiger partial charge in [-0.15, -0.1) is 11.3 Å². The number of imidazole rings is 1. The first-order valence-corrected chi connectivity index (χ1v) is 9.40. The number of benzene rings is 1. The van der Waals surface area contributed by atoms with Crippen molar-refractivity contribution >= 4 is 17.2 Å². The molecule has 1 saturated heterocycles. The number of amides is 1. The van der Waals surface area contributed by atoms with E-state index < -0.39 is 0 Å². The largest absolute Gasteiger partial charge is 0.336 e. The van der Waals surface area contributed by atoms with Crippen molar-refractivity contribution < 1.29 is 4.79 Å². The molecular weight excluding hydrogens is 330 g/mol. The minimum Gasteiger partial charge on any atom is -0.336 e. The van der Waals surface area contributed by atoms with Gasteiger partial charge in [-0.05, 0) is 32.4 Å². The van der Waals surface area contributed by atoms with Crippen LogP contribution in [0.3, 0.4) is 0 Å². The SMILES string of the molecule is Cc1ccc(C(=O)N2CCC(n3c(C)cnc3-c3ccccc3)C2)s1. The minimum atomic E-state index is 0.152. The maximum Gasteiger partial charge on any atom is 0.263 e. The number of hydrogen-bond acceptors (Lipinski definition) is 3. The molecule has 0 aliphatic carbocycles. The highest BCUT2D eigenvalue weighted by atomic mass is 32.1. The summed E-state index contributed by atoms with van der Waals surface area (Å²) in [5.41, 5.74) is 2.26. The number of hydrogen-bond donors (Lipinski definition) is 0. The van der Waals surface area contributed by atoms with Crippen molar-refractivity contribution in [1.82, 2.24) is 14.5 Å². The van der Waals surface area contributed by atoms with Gasteiger partial charge < -0.3 is 9.47 Å². The average Bonchev–Trinajstić information content (AvgIpc) is 3.34. The topological polar surface area (TPSA) is 38.1 Å². The lowest BCUT2D eigenvalue weighted by molar-refractivity contribution is 0.0792. The molecule has 0 spiro atoms. The first-order valence-electron chi connectivity index (χ1n) is 8.58. The van der Waals surface area contributed by atoms with Crippen molar-refractivity contribution in [2.24, 2.45) is 0 Å². The molecule has 4 rings (SSSR count). The molecule has 1 aliphatic rings. The van der Waals surface area contributed by atoms with E-state index in [1.165, 1.54) is 4.88 Å². The van der Waals surface area contributed by atoms with Gasteiger partial charge in [0.15, 0.2) is 0 Å². The van der Waals surface area contributed by atoms with E-state index in [0.717, 1.165) is 41.5 Å². The van der Waals surface area contributed by atoms with Gasteiger partial charge in [-0.2, -0.15) is 0 Å². The molecule has 128 valence electrons. The molecule has 0 N–H and O–H groups in total. The van der Waals surface area contributed by atoms with Gasteiger partial charge in [-0.3, -0.25) is 4.79 Å². The van der Waals surface area contributed by atoms with Gasteiger partial charge in [0.25, 0.3) is 5.91 Å². The fourth-order valence-corrected chi connectivity index (χ4v) is 4.39. The molecule has 5 heteroatoms. The van der Waals surface area contributed by atoms with Gasteiger partial charge in [0, 0.05) is 35.4 Å². The van der Waals surface area contributed by atoms with Gasteiger partial charge in [0.1, 0.15) is 5.82 Å². The van der Waals surface area contributed by atoms with Crippen molar-refractivity contribution in [3.63, 3.8) is 0 Å². The van der Waals surface area contributed by atoms with Crippen LogP contribution in [0.4, 0.5) is 0 Å². The second-order valence-electron chi connectivity index (χ2n) is 6.56. The van der Waals surface area contributed by atoms with Crippen LogP contribution < -0.4 is 0 Å². The third kappa shape index (κ3) is 3.00. The van der Waals surface area contributed by atoms with Gasteiger partial charge in [-0.25, -0.2) is 4.98 Å². The molecule has 1 aromatic carbocycles. The Kier molecular flexibility index (Phi) is 4.17. The zero-order valence-electron chi connectivity index (χ0n) is 14.5. The molecule has 1 fully saturated rings. The molecule has 1 atom stereocenters. The van der Waals surface area contributed by atoms with Crippen molar-refractivity contribution in [2.45, 2.75) is 26.3 Å². The Morgan fingerprint density at radius 3 is 2.68 bits per heavy atom. The summed E-state index contributed by atoms with van der Waals surface area (Å²) in [7, 11) is 0. The van der Waals surface area contributed by atoms with Crippen LogP contribution in [0.25, 0.3) is 11.4 Å². The highest BCUT2D eigenvalue weighted by Gasteiger charge is 2.30. The molecule has 0 radical (unpaired) electrons. The predicted molar refractivity (Wildman–Crippen MR) is 101 cm³/mol. The average molecular weight is 351 g/mol. The van der Waals surface area contributed by atoms with Crippen molar-refractivity contribution in [3.8, 4) is 11.4 Å². The molecule has 2 aromatic heterocycles. The highest BCUT2D eigenvalue weighted by Crippen LogP contribution is 2.30. The smallest absolute Gasteiger partial charge is 0.263 e. The highest BCUT2D eigenvalue weighted by molar-refractivity contribution is 7.13. The molecule has 3 heterocycles.